The van der Waals surface area contributed by atoms with Crippen molar-refractivity contribution in [2.75, 3.05) is 6.26 Å². The fourth-order valence-corrected chi connectivity index (χ4v) is 3.72. The van der Waals surface area contributed by atoms with Gasteiger partial charge in [-0.2, -0.15) is 0 Å². The van der Waals surface area contributed by atoms with Crippen LogP contribution in [0.2, 0.25) is 0 Å². The standard InChI is InChI=1S/C22H17F2NO5S/c1-31(27,28)18-4-2-14(3-5-18)12-30-22-13-29-17(8-21(22)26)11-25-9-15-6-19(23)20(24)7-16(15)10-25/h2-10,13H,11-12H2,1H3. The SMILES string of the molecule is CS(=O)(=O)c1ccc(COc2coc(Cn3cc4cc(F)c(F)cc4c3)cc2=O)cc1. The first-order valence-electron chi connectivity index (χ1n) is 9.17. The number of fused-ring (bicyclic) bond motifs is 1. The molecule has 0 aliphatic heterocycles. The fourth-order valence-electron chi connectivity index (χ4n) is 3.09. The van der Waals surface area contributed by atoms with Crippen LogP contribution in [-0.2, 0) is 23.0 Å². The van der Waals surface area contributed by atoms with Gasteiger partial charge in [-0.25, -0.2) is 17.2 Å². The van der Waals surface area contributed by atoms with E-state index in [-0.39, 0.29) is 29.2 Å². The highest BCUT2D eigenvalue weighted by Crippen LogP contribution is 2.20. The normalized spacial score (nSPS) is 11.7. The lowest BCUT2D eigenvalue weighted by Crippen LogP contribution is -2.09. The Bertz CT molecular complexity index is 1380. The number of rotatable bonds is 6. The molecule has 31 heavy (non-hydrogen) atoms. The Kier molecular flexibility index (Phi) is 5.36. The van der Waals surface area contributed by atoms with Crippen LogP contribution in [0.3, 0.4) is 0 Å². The van der Waals surface area contributed by atoms with Crippen LogP contribution in [0.1, 0.15) is 11.3 Å². The van der Waals surface area contributed by atoms with Crippen molar-refractivity contribution in [3.8, 4) is 5.75 Å². The summed E-state index contributed by atoms with van der Waals surface area (Å²) in [6, 6.07) is 9.65. The van der Waals surface area contributed by atoms with Crippen molar-refractivity contribution in [1.82, 2.24) is 4.57 Å². The average Bonchev–Trinajstić information content (AvgIpc) is 3.08. The Hall–Kier alpha value is -3.46. The fraction of sp³-hybridized carbons (Fsp3) is 0.136. The van der Waals surface area contributed by atoms with Gasteiger partial charge in [0, 0.05) is 35.5 Å². The molecule has 4 aromatic rings. The second-order valence-corrected chi connectivity index (χ2v) is 9.12. The van der Waals surface area contributed by atoms with Crippen molar-refractivity contribution in [2.24, 2.45) is 0 Å². The summed E-state index contributed by atoms with van der Waals surface area (Å²) in [5, 5.41) is 1.06. The van der Waals surface area contributed by atoms with Gasteiger partial charge in [0.25, 0.3) is 0 Å². The minimum Gasteiger partial charge on any atom is -0.482 e. The molecule has 0 saturated heterocycles. The zero-order valence-electron chi connectivity index (χ0n) is 16.3. The van der Waals surface area contributed by atoms with Gasteiger partial charge in [0.2, 0.25) is 11.2 Å². The van der Waals surface area contributed by atoms with Gasteiger partial charge < -0.3 is 13.7 Å². The van der Waals surface area contributed by atoms with Crippen molar-refractivity contribution < 1.29 is 26.4 Å². The quantitative estimate of drug-likeness (QED) is 0.450. The van der Waals surface area contributed by atoms with E-state index in [1.165, 1.54) is 24.5 Å². The van der Waals surface area contributed by atoms with Crippen molar-refractivity contribution in [1.29, 1.82) is 0 Å². The number of benzene rings is 2. The van der Waals surface area contributed by atoms with E-state index in [4.69, 9.17) is 9.15 Å². The minimum absolute atomic E-state index is 0.0118. The molecule has 2 aromatic carbocycles. The molecule has 0 N–H and O–H groups in total. The van der Waals surface area contributed by atoms with E-state index in [0.717, 1.165) is 18.4 Å². The Labute approximate surface area is 176 Å². The Morgan fingerprint density at radius 3 is 2.16 bits per heavy atom. The molecule has 0 saturated carbocycles. The topological polar surface area (TPSA) is 78.5 Å². The number of aromatic nitrogens is 1. The van der Waals surface area contributed by atoms with E-state index in [0.29, 0.717) is 22.1 Å². The molecule has 9 heteroatoms. The van der Waals surface area contributed by atoms with E-state index < -0.39 is 21.5 Å². The molecule has 0 amide bonds. The molecular weight excluding hydrogens is 428 g/mol. The first-order chi connectivity index (χ1) is 14.7. The molecule has 0 spiro atoms. The van der Waals surface area contributed by atoms with Crippen LogP contribution >= 0.6 is 0 Å². The zero-order valence-corrected chi connectivity index (χ0v) is 17.2. The van der Waals surface area contributed by atoms with Crippen molar-refractivity contribution in [3.05, 3.63) is 94.3 Å². The smallest absolute Gasteiger partial charge is 0.227 e. The second kappa shape index (κ2) is 7.99. The summed E-state index contributed by atoms with van der Waals surface area (Å²) in [6.07, 6.45) is 5.58. The average molecular weight is 445 g/mol. The summed E-state index contributed by atoms with van der Waals surface area (Å²) in [6.45, 7) is 0.259. The monoisotopic (exact) mass is 445 g/mol. The lowest BCUT2D eigenvalue weighted by atomic mass is 10.2. The van der Waals surface area contributed by atoms with E-state index in [1.54, 1.807) is 29.1 Å². The second-order valence-electron chi connectivity index (χ2n) is 7.11. The number of halogens is 2. The highest BCUT2D eigenvalue weighted by molar-refractivity contribution is 7.90. The van der Waals surface area contributed by atoms with E-state index in [1.807, 2.05) is 0 Å². The summed E-state index contributed by atoms with van der Waals surface area (Å²) in [5.41, 5.74) is 0.303. The minimum atomic E-state index is -3.28. The third-order valence-corrected chi connectivity index (χ3v) is 5.80. The van der Waals surface area contributed by atoms with Crippen LogP contribution in [0.15, 0.2) is 75.2 Å². The molecule has 0 radical (unpaired) electrons. The van der Waals surface area contributed by atoms with Gasteiger partial charge >= 0.3 is 0 Å². The van der Waals surface area contributed by atoms with Gasteiger partial charge in [0.15, 0.2) is 21.5 Å². The lowest BCUT2D eigenvalue weighted by Gasteiger charge is -2.07. The van der Waals surface area contributed by atoms with Gasteiger partial charge in [0.1, 0.15) is 18.6 Å². The molecule has 0 fully saturated rings. The third-order valence-electron chi connectivity index (χ3n) is 4.67. The summed E-state index contributed by atoms with van der Waals surface area (Å²) < 4.78 is 62.3. The van der Waals surface area contributed by atoms with Gasteiger partial charge in [-0.15, -0.1) is 0 Å². The predicted octanol–water partition coefficient (Wildman–Crippen LogP) is 3.90. The van der Waals surface area contributed by atoms with Crippen LogP contribution in [0.5, 0.6) is 5.75 Å². The highest BCUT2D eigenvalue weighted by atomic mass is 32.2. The number of nitrogens with zero attached hydrogens (tertiary/aromatic N) is 1. The summed E-state index contributed by atoms with van der Waals surface area (Å²) in [7, 11) is -3.28. The highest BCUT2D eigenvalue weighted by Gasteiger charge is 2.10. The molecule has 6 nitrogen and oxygen atoms in total. The van der Waals surface area contributed by atoms with Crippen LogP contribution in [0.4, 0.5) is 8.78 Å². The van der Waals surface area contributed by atoms with Gasteiger partial charge in [0.05, 0.1) is 11.4 Å². The first-order valence-corrected chi connectivity index (χ1v) is 11.1. The molecule has 0 aliphatic carbocycles. The summed E-state index contributed by atoms with van der Waals surface area (Å²) >= 11 is 0. The van der Waals surface area contributed by atoms with Gasteiger partial charge in [-0.3, -0.25) is 4.79 Å². The van der Waals surface area contributed by atoms with Crippen molar-refractivity contribution in [2.45, 2.75) is 18.0 Å². The van der Waals surface area contributed by atoms with Gasteiger partial charge in [-0.05, 0) is 29.8 Å². The maximum Gasteiger partial charge on any atom is 0.227 e. The predicted molar refractivity (Wildman–Crippen MR) is 110 cm³/mol. The summed E-state index contributed by atoms with van der Waals surface area (Å²) in [5.74, 6) is -1.50. The largest absolute Gasteiger partial charge is 0.482 e. The maximum absolute atomic E-state index is 13.4. The molecule has 4 rings (SSSR count). The Morgan fingerprint density at radius 2 is 1.61 bits per heavy atom. The van der Waals surface area contributed by atoms with Crippen LogP contribution < -0.4 is 10.2 Å². The van der Waals surface area contributed by atoms with E-state index >= 15 is 0 Å². The molecule has 2 aromatic heterocycles. The molecule has 0 bridgehead atoms. The zero-order chi connectivity index (χ0) is 22.2. The van der Waals surface area contributed by atoms with Crippen LogP contribution in [0.25, 0.3) is 10.8 Å². The Balaban J connectivity index is 1.45. The number of hydrogen-bond donors (Lipinski definition) is 0. The first kappa shape index (κ1) is 20.8. The lowest BCUT2D eigenvalue weighted by molar-refractivity contribution is 0.289. The summed E-state index contributed by atoms with van der Waals surface area (Å²) in [4.78, 5) is 12.5. The molecular formula is C22H17F2NO5S. The molecule has 0 atom stereocenters. The molecule has 2 heterocycles. The molecule has 0 unspecified atom stereocenters. The van der Waals surface area contributed by atoms with Crippen molar-refractivity contribution in [3.63, 3.8) is 0 Å². The van der Waals surface area contributed by atoms with Gasteiger partial charge in [-0.1, -0.05) is 12.1 Å². The van der Waals surface area contributed by atoms with Crippen LogP contribution in [-0.4, -0.2) is 19.2 Å². The third kappa shape index (κ3) is 4.66. The molecule has 0 aliphatic rings. The Morgan fingerprint density at radius 1 is 1.00 bits per heavy atom. The number of sulfone groups is 1. The van der Waals surface area contributed by atoms with E-state index in [2.05, 4.69) is 0 Å². The molecule has 160 valence electrons. The maximum atomic E-state index is 13.4. The van der Waals surface area contributed by atoms with Crippen LogP contribution in [0, 0.1) is 11.6 Å². The van der Waals surface area contributed by atoms with Crippen molar-refractivity contribution >= 4 is 20.6 Å². The number of ether oxygens (including phenoxy) is 1. The van der Waals surface area contributed by atoms with E-state index in [9.17, 15) is 22.0 Å². The number of hydrogen-bond acceptors (Lipinski definition) is 5.